The molecule has 1 unspecified atom stereocenters. The van der Waals surface area contributed by atoms with Crippen molar-refractivity contribution in [2.45, 2.75) is 6.10 Å². The van der Waals surface area contributed by atoms with Crippen molar-refractivity contribution in [2.24, 2.45) is 0 Å². The Labute approximate surface area is 86.1 Å². The van der Waals surface area contributed by atoms with Gasteiger partial charge in [0.25, 0.3) is 0 Å². The zero-order valence-electron chi connectivity index (χ0n) is 7.87. The first-order valence-corrected chi connectivity index (χ1v) is 6.04. The summed E-state index contributed by atoms with van der Waals surface area (Å²) in [4.78, 5) is 10.4. The quantitative estimate of drug-likeness (QED) is 0.763. The van der Waals surface area contributed by atoms with Crippen LogP contribution in [0.5, 0.6) is 0 Å². The van der Waals surface area contributed by atoms with Crippen LogP contribution in [0.3, 0.4) is 0 Å². The van der Waals surface area contributed by atoms with Crippen LogP contribution in [0.2, 0.25) is 0 Å². The van der Waals surface area contributed by atoms with Gasteiger partial charge in [0.2, 0.25) is 5.76 Å². The lowest BCUT2D eigenvalue weighted by Gasteiger charge is -2.04. The van der Waals surface area contributed by atoms with E-state index in [1.165, 1.54) is 6.07 Å². The second-order valence-corrected chi connectivity index (χ2v) is 5.30. The number of aromatic carboxylic acids is 1. The zero-order valence-corrected chi connectivity index (χ0v) is 8.69. The highest BCUT2D eigenvalue weighted by Gasteiger charge is 2.19. The molecule has 1 atom stereocenters. The third-order valence-electron chi connectivity index (χ3n) is 1.63. The van der Waals surface area contributed by atoms with Crippen LogP contribution in [0.1, 0.15) is 22.4 Å². The van der Waals surface area contributed by atoms with Crippen LogP contribution in [-0.4, -0.2) is 36.6 Å². The molecule has 0 radical (unpaired) electrons. The van der Waals surface area contributed by atoms with Crippen LogP contribution in [0.15, 0.2) is 16.5 Å². The van der Waals surface area contributed by atoms with Gasteiger partial charge in [-0.2, -0.15) is 0 Å². The van der Waals surface area contributed by atoms with Crippen LogP contribution in [0.25, 0.3) is 0 Å². The van der Waals surface area contributed by atoms with Gasteiger partial charge in [-0.05, 0) is 12.1 Å². The van der Waals surface area contributed by atoms with Gasteiger partial charge in [0, 0.05) is 6.26 Å². The lowest BCUT2D eigenvalue weighted by Crippen LogP contribution is -2.12. The first-order valence-electron chi connectivity index (χ1n) is 3.98. The molecule has 2 N–H and O–H groups in total. The molecule has 1 heterocycles. The summed E-state index contributed by atoms with van der Waals surface area (Å²) >= 11 is 0. The number of carbonyl (C=O) groups is 1. The number of hydrogen-bond donors (Lipinski definition) is 2. The predicted octanol–water partition coefficient (Wildman–Crippen LogP) is 0.0558. The van der Waals surface area contributed by atoms with Gasteiger partial charge in [0.05, 0.1) is 5.75 Å². The van der Waals surface area contributed by atoms with Crippen molar-refractivity contribution in [3.05, 3.63) is 23.7 Å². The molecule has 0 saturated heterocycles. The molecule has 1 rings (SSSR count). The monoisotopic (exact) mass is 234 g/mol. The molecule has 84 valence electrons. The fraction of sp³-hybridized carbons (Fsp3) is 0.375. The van der Waals surface area contributed by atoms with E-state index in [0.29, 0.717) is 0 Å². The van der Waals surface area contributed by atoms with E-state index in [2.05, 4.69) is 0 Å². The van der Waals surface area contributed by atoms with Gasteiger partial charge >= 0.3 is 5.97 Å². The molecule has 1 aromatic rings. The van der Waals surface area contributed by atoms with E-state index in [4.69, 9.17) is 9.52 Å². The Morgan fingerprint density at radius 2 is 2.13 bits per heavy atom. The summed E-state index contributed by atoms with van der Waals surface area (Å²) in [7, 11) is -3.34. The Balaban J connectivity index is 2.83. The van der Waals surface area contributed by atoms with Gasteiger partial charge in [0.1, 0.15) is 21.7 Å². The minimum atomic E-state index is -3.34. The number of carboxylic acids is 1. The van der Waals surface area contributed by atoms with Gasteiger partial charge in [0.15, 0.2) is 0 Å². The van der Waals surface area contributed by atoms with Crippen LogP contribution in [0.4, 0.5) is 0 Å². The fourth-order valence-corrected chi connectivity index (χ4v) is 1.75. The summed E-state index contributed by atoms with van der Waals surface area (Å²) in [5.41, 5.74) is 0. The van der Waals surface area contributed by atoms with Gasteiger partial charge in [-0.1, -0.05) is 0 Å². The highest BCUT2D eigenvalue weighted by Crippen LogP contribution is 2.17. The largest absolute Gasteiger partial charge is 0.475 e. The Bertz CT molecular complexity index is 457. The maximum Gasteiger partial charge on any atom is 0.371 e. The predicted molar refractivity (Wildman–Crippen MR) is 50.3 cm³/mol. The molecule has 6 nitrogen and oxygen atoms in total. The summed E-state index contributed by atoms with van der Waals surface area (Å²) in [5, 5.41) is 17.9. The number of aliphatic hydroxyl groups excluding tert-OH is 1. The average molecular weight is 234 g/mol. The molecule has 0 aliphatic carbocycles. The molecule has 0 aromatic carbocycles. The maximum absolute atomic E-state index is 10.8. The third-order valence-corrected chi connectivity index (χ3v) is 2.55. The third kappa shape index (κ3) is 3.37. The standard InChI is InChI=1S/C8H10O6S/c1-15(12,13)4-5(9)6-2-3-7(14-6)8(10)11/h2-3,5,9H,4H2,1H3,(H,10,11). The summed E-state index contributed by atoms with van der Waals surface area (Å²) in [6, 6.07) is 2.39. The van der Waals surface area contributed by atoms with E-state index in [9.17, 15) is 18.3 Å². The molecule has 15 heavy (non-hydrogen) atoms. The molecule has 0 spiro atoms. The van der Waals surface area contributed by atoms with Crippen LogP contribution in [-0.2, 0) is 9.84 Å². The lowest BCUT2D eigenvalue weighted by atomic mass is 10.3. The van der Waals surface area contributed by atoms with Crippen molar-refractivity contribution in [1.29, 1.82) is 0 Å². The van der Waals surface area contributed by atoms with E-state index >= 15 is 0 Å². The van der Waals surface area contributed by atoms with Crippen molar-refractivity contribution in [1.82, 2.24) is 0 Å². The van der Waals surface area contributed by atoms with Gasteiger partial charge in [-0.15, -0.1) is 0 Å². The normalized spacial score (nSPS) is 13.7. The van der Waals surface area contributed by atoms with Gasteiger partial charge in [-0.3, -0.25) is 0 Å². The molecule has 1 aromatic heterocycles. The Kier molecular flexibility index (Phi) is 3.15. The molecule has 0 bridgehead atoms. The van der Waals surface area contributed by atoms with Gasteiger partial charge in [-0.25, -0.2) is 13.2 Å². The summed E-state index contributed by atoms with van der Waals surface area (Å²) in [6.07, 6.45) is -0.370. The van der Waals surface area contributed by atoms with Crippen molar-refractivity contribution >= 4 is 15.8 Å². The van der Waals surface area contributed by atoms with Crippen molar-refractivity contribution in [2.75, 3.05) is 12.0 Å². The average Bonchev–Trinajstić information content (AvgIpc) is 2.47. The zero-order chi connectivity index (χ0) is 11.6. The lowest BCUT2D eigenvalue weighted by molar-refractivity contribution is 0.0654. The van der Waals surface area contributed by atoms with E-state index < -0.39 is 27.7 Å². The van der Waals surface area contributed by atoms with E-state index in [1.54, 1.807) is 0 Å². The number of aliphatic hydroxyl groups is 1. The second-order valence-electron chi connectivity index (χ2n) is 3.12. The molecule has 0 saturated carbocycles. The Hall–Kier alpha value is -1.34. The number of sulfone groups is 1. The summed E-state index contributed by atoms with van der Waals surface area (Å²) in [5.74, 6) is -2.18. The second kappa shape index (κ2) is 4.03. The molecular weight excluding hydrogens is 224 g/mol. The SMILES string of the molecule is CS(=O)(=O)CC(O)c1ccc(C(=O)O)o1. The molecule has 0 fully saturated rings. The first-order chi connectivity index (χ1) is 6.79. The first kappa shape index (κ1) is 11.7. The highest BCUT2D eigenvalue weighted by molar-refractivity contribution is 7.90. The number of rotatable bonds is 4. The molecule has 7 heteroatoms. The Morgan fingerprint density at radius 3 is 2.53 bits per heavy atom. The van der Waals surface area contributed by atoms with E-state index in [1.807, 2.05) is 0 Å². The Morgan fingerprint density at radius 1 is 1.53 bits per heavy atom. The highest BCUT2D eigenvalue weighted by atomic mass is 32.2. The molecular formula is C8H10O6S. The topological polar surface area (TPSA) is 105 Å². The smallest absolute Gasteiger partial charge is 0.371 e. The number of carboxylic acid groups (broad SMARTS) is 1. The van der Waals surface area contributed by atoms with Crippen LogP contribution < -0.4 is 0 Å². The van der Waals surface area contributed by atoms with Gasteiger partial charge < -0.3 is 14.6 Å². The van der Waals surface area contributed by atoms with Crippen LogP contribution in [0, 0.1) is 0 Å². The van der Waals surface area contributed by atoms with Crippen molar-refractivity contribution in [3.8, 4) is 0 Å². The van der Waals surface area contributed by atoms with E-state index in [-0.39, 0.29) is 11.5 Å². The van der Waals surface area contributed by atoms with Crippen LogP contribution >= 0.6 is 0 Å². The minimum Gasteiger partial charge on any atom is -0.475 e. The minimum absolute atomic E-state index is 0.0715. The van der Waals surface area contributed by atoms with Crippen molar-refractivity contribution < 1.29 is 27.8 Å². The number of furan rings is 1. The summed E-state index contributed by atoms with van der Waals surface area (Å²) < 4.78 is 26.4. The number of hydrogen-bond acceptors (Lipinski definition) is 5. The van der Waals surface area contributed by atoms with E-state index in [0.717, 1.165) is 12.3 Å². The van der Waals surface area contributed by atoms with Crippen molar-refractivity contribution in [3.63, 3.8) is 0 Å². The molecule has 0 amide bonds. The summed E-state index contributed by atoms with van der Waals surface area (Å²) in [6.45, 7) is 0. The maximum atomic E-state index is 10.8. The molecule has 0 aliphatic rings. The molecule has 0 aliphatic heterocycles. The fourth-order valence-electron chi connectivity index (χ4n) is 1.02.